The van der Waals surface area contributed by atoms with Crippen molar-refractivity contribution >= 4 is 23.4 Å². The Hall–Kier alpha value is -1.95. The van der Waals surface area contributed by atoms with E-state index in [4.69, 9.17) is 16.7 Å². The van der Waals surface area contributed by atoms with E-state index in [1.165, 1.54) is 0 Å². The van der Waals surface area contributed by atoms with E-state index in [-0.39, 0.29) is 0 Å². The number of nitrogens with zero attached hydrogens (tertiary/aromatic N) is 3. The molecule has 0 bridgehead atoms. The van der Waals surface area contributed by atoms with Crippen molar-refractivity contribution in [3.05, 3.63) is 40.6 Å². The Morgan fingerprint density at radius 2 is 2.29 bits per heavy atom. The zero-order chi connectivity index (χ0) is 11.8. The molecule has 3 aromatic heterocycles. The highest BCUT2D eigenvalue weighted by Gasteiger charge is 2.09. The lowest BCUT2D eigenvalue weighted by molar-refractivity contribution is 0.377. The molecule has 0 saturated carbocycles. The van der Waals surface area contributed by atoms with Gasteiger partial charge in [-0.15, -0.1) is 0 Å². The van der Waals surface area contributed by atoms with Gasteiger partial charge in [0.05, 0.1) is 18.3 Å². The summed E-state index contributed by atoms with van der Waals surface area (Å²) in [5, 5.41) is 3.68. The molecule has 6 heteroatoms. The molecule has 3 rings (SSSR count). The summed E-state index contributed by atoms with van der Waals surface area (Å²) in [6.07, 6.45) is 3.39. The number of fused-ring (bicyclic) bond motifs is 1. The second kappa shape index (κ2) is 3.81. The third-order valence-electron chi connectivity index (χ3n) is 2.68. The number of H-pyrrole nitrogens is 1. The first kappa shape index (κ1) is 10.2. The third-order valence-corrected chi connectivity index (χ3v) is 3.00. The van der Waals surface area contributed by atoms with Gasteiger partial charge in [0, 0.05) is 12.3 Å². The van der Waals surface area contributed by atoms with Crippen LogP contribution in [-0.2, 0) is 6.54 Å². The predicted molar refractivity (Wildman–Crippen MR) is 65.3 cm³/mol. The van der Waals surface area contributed by atoms with Crippen LogP contribution < -0.4 is 0 Å². The van der Waals surface area contributed by atoms with Crippen molar-refractivity contribution in [3.63, 3.8) is 0 Å². The van der Waals surface area contributed by atoms with Gasteiger partial charge in [0.1, 0.15) is 0 Å². The number of hydrogen-bond donors (Lipinski definition) is 1. The minimum absolute atomic E-state index is 0.537. The van der Waals surface area contributed by atoms with Crippen LogP contribution in [0.15, 0.2) is 29.0 Å². The Morgan fingerprint density at radius 3 is 3.06 bits per heavy atom. The van der Waals surface area contributed by atoms with Crippen LogP contribution >= 0.6 is 12.2 Å². The van der Waals surface area contributed by atoms with E-state index in [0.717, 1.165) is 22.5 Å². The van der Waals surface area contributed by atoms with Crippen molar-refractivity contribution in [2.75, 3.05) is 0 Å². The van der Waals surface area contributed by atoms with Crippen LogP contribution in [0, 0.1) is 11.7 Å². The van der Waals surface area contributed by atoms with Crippen LogP contribution in [0.25, 0.3) is 11.2 Å². The lowest BCUT2D eigenvalue weighted by Gasteiger charge is -2.00. The first-order valence-corrected chi connectivity index (χ1v) is 5.60. The van der Waals surface area contributed by atoms with Crippen LogP contribution in [0.1, 0.15) is 11.3 Å². The van der Waals surface area contributed by atoms with Crippen molar-refractivity contribution in [1.29, 1.82) is 0 Å². The molecule has 0 aromatic carbocycles. The summed E-state index contributed by atoms with van der Waals surface area (Å²) in [5.74, 6) is 0.755. The molecule has 0 unspecified atom stereocenters. The van der Waals surface area contributed by atoms with Crippen molar-refractivity contribution in [1.82, 2.24) is 19.7 Å². The highest BCUT2D eigenvalue weighted by atomic mass is 32.1. The van der Waals surface area contributed by atoms with Crippen molar-refractivity contribution < 1.29 is 4.52 Å². The molecule has 0 aliphatic rings. The first-order valence-electron chi connectivity index (χ1n) is 5.19. The zero-order valence-electron chi connectivity index (χ0n) is 9.17. The van der Waals surface area contributed by atoms with Crippen molar-refractivity contribution in [2.24, 2.45) is 0 Å². The fraction of sp³-hybridized carbons (Fsp3) is 0.182. The minimum atomic E-state index is 0.537. The number of imidazole rings is 1. The summed E-state index contributed by atoms with van der Waals surface area (Å²) in [6, 6.07) is 3.77. The lowest BCUT2D eigenvalue weighted by Crippen LogP contribution is -1.99. The molecule has 0 spiro atoms. The minimum Gasteiger partial charge on any atom is -0.359 e. The standard InChI is InChI=1S/C11H10N4OS/c1-7-2-4-12-10-9(7)14-11(17)15(10)6-8-3-5-13-16-8/h2-5H,6H2,1H3,(H,14,17). The number of hydrogen-bond acceptors (Lipinski definition) is 4. The SMILES string of the molecule is Cc1ccnc2c1[nH]c(=S)n2Cc1ccno1. The number of aryl methyl sites for hydroxylation is 1. The second-order valence-corrected chi connectivity index (χ2v) is 4.21. The maximum absolute atomic E-state index is 5.29. The Kier molecular flexibility index (Phi) is 2.29. The quantitative estimate of drug-likeness (QED) is 0.705. The summed E-state index contributed by atoms with van der Waals surface area (Å²) in [6.45, 7) is 2.56. The molecule has 1 N–H and O–H groups in total. The van der Waals surface area contributed by atoms with Crippen LogP contribution in [0.3, 0.4) is 0 Å². The Morgan fingerprint density at radius 1 is 1.41 bits per heavy atom. The predicted octanol–water partition coefficient (Wildman–Crippen LogP) is 2.44. The van der Waals surface area contributed by atoms with Crippen LogP contribution in [0.4, 0.5) is 0 Å². The van der Waals surface area contributed by atoms with Gasteiger partial charge in [-0.25, -0.2) is 4.98 Å². The molecule has 17 heavy (non-hydrogen) atoms. The number of rotatable bonds is 2. The maximum atomic E-state index is 5.29. The summed E-state index contributed by atoms with van der Waals surface area (Å²) in [7, 11) is 0. The van der Waals surface area contributed by atoms with Gasteiger partial charge in [-0.1, -0.05) is 5.16 Å². The normalized spacial score (nSPS) is 11.1. The van der Waals surface area contributed by atoms with Gasteiger partial charge in [0.15, 0.2) is 16.2 Å². The molecule has 86 valence electrons. The van der Waals surface area contributed by atoms with Crippen LogP contribution in [0.5, 0.6) is 0 Å². The van der Waals surface area contributed by atoms with E-state index in [2.05, 4.69) is 15.1 Å². The molecular formula is C11H10N4OS. The molecule has 0 radical (unpaired) electrons. The van der Waals surface area contributed by atoms with Gasteiger partial charge in [0.25, 0.3) is 0 Å². The fourth-order valence-corrected chi connectivity index (χ4v) is 2.05. The molecule has 3 heterocycles. The van der Waals surface area contributed by atoms with Crippen molar-refractivity contribution in [2.45, 2.75) is 13.5 Å². The smallest absolute Gasteiger partial charge is 0.179 e. The highest BCUT2D eigenvalue weighted by molar-refractivity contribution is 7.71. The molecule has 0 saturated heterocycles. The molecule has 0 atom stereocenters. The van der Waals surface area contributed by atoms with Gasteiger partial charge < -0.3 is 9.51 Å². The Balaban J connectivity index is 2.19. The molecule has 5 nitrogen and oxygen atoms in total. The highest BCUT2D eigenvalue weighted by Crippen LogP contribution is 2.16. The summed E-state index contributed by atoms with van der Waals surface area (Å²) < 4.78 is 7.62. The van der Waals surface area contributed by atoms with Crippen molar-refractivity contribution in [3.8, 4) is 0 Å². The fourth-order valence-electron chi connectivity index (χ4n) is 1.80. The molecule has 0 aliphatic carbocycles. The van der Waals surface area contributed by atoms with Crippen LogP contribution in [0.2, 0.25) is 0 Å². The van der Waals surface area contributed by atoms with E-state index in [1.807, 2.05) is 23.6 Å². The van der Waals surface area contributed by atoms with E-state index < -0.39 is 0 Å². The first-order chi connectivity index (χ1) is 8.25. The Labute approximate surface area is 102 Å². The number of aromatic amines is 1. The van der Waals surface area contributed by atoms with Crippen LogP contribution in [-0.4, -0.2) is 19.7 Å². The maximum Gasteiger partial charge on any atom is 0.179 e. The second-order valence-electron chi connectivity index (χ2n) is 3.82. The monoisotopic (exact) mass is 246 g/mol. The number of nitrogens with one attached hydrogen (secondary N) is 1. The summed E-state index contributed by atoms with van der Waals surface area (Å²) >= 11 is 5.29. The average Bonchev–Trinajstić information content (AvgIpc) is 2.91. The van der Waals surface area contributed by atoms with E-state index in [9.17, 15) is 0 Å². The summed E-state index contributed by atoms with van der Waals surface area (Å²) in [5.41, 5.74) is 2.93. The topological polar surface area (TPSA) is 59.6 Å². The molecule has 0 fully saturated rings. The van der Waals surface area contributed by atoms with Gasteiger partial charge in [-0.05, 0) is 30.8 Å². The van der Waals surface area contributed by atoms with Gasteiger partial charge in [0.2, 0.25) is 0 Å². The molecule has 0 amide bonds. The third kappa shape index (κ3) is 1.66. The largest absolute Gasteiger partial charge is 0.359 e. The zero-order valence-corrected chi connectivity index (χ0v) is 9.99. The Bertz CT molecular complexity index is 711. The summed E-state index contributed by atoms with van der Waals surface area (Å²) in [4.78, 5) is 7.51. The van der Waals surface area contributed by atoms with Gasteiger partial charge in [-0.3, -0.25) is 4.57 Å². The molecule has 0 aliphatic heterocycles. The molecule has 3 aromatic rings. The average molecular weight is 246 g/mol. The van der Waals surface area contributed by atoms with E-state index in [0.29, 0.717) is 11.3 Å². The van der Waals surface area contributed by atoms with E-state index >= 15 is 0 Å². The lowest BCUT2D eigenvalue weighted by atomic mass is 10.3. The van der Waals surface area contributed by atoms with Gasteiger partial charge >= 0.3 is 0 Å². The van der Waals surface area contributed by atoms with E-state index in [1.54, 1.807) is 12.4 Å². The number of pyridine rings is 1. The number of aromatic nitrogens is 4. The van der Waals surface area contributed by atoms with Gasteiger partial charge in [-0.2, -0.15) is 0 Å². The molecular weight excluding hydrogens is 236 g/mol.